The molecule has 3 heteroatoms. The summed E-state index contributed by atoms with van der Waals surface area (Å²) in [6.07, 6.45) is 13.6. The largest absolute Gasteiger partial charge is 0.314 e. The van der Waals surface area contributed by atoms with Crippen LogP contribution in [0.15, 0.2) is 22.9 Å². The maximum Gasteiger partial charge on any atom is 0.0410 e. The lowest BCUT2D eigenvalue weighted by Gasteiger charge is -2.27. The van der Waals surface area contributed by atoms with Crippen LogP contribution in [0.4, 0.5) is 0 Å². The Bertz CT molecular complexity index is 462. The van der Waals surface area contributed by atoms with Crippen molar-refractivity contribution in [2.24, 2.45) is 17.8 Å². The first-order chi connectivity index (χ1) is 10.2. The summed E-state index contributed by atoms with van der Waals surface area (Å²) in [6.45, 7) is 3.38. The molecule has 2 fully saturated rings. The van der Waals surface area contributed by atoms with Crippen molar-refractivity contribution in [2.75, 3.05) is 6.54 Å². The SMILES string of the molecule is CCCNC(Cc1cncc(Br)c1)CC1CC2CCC1C2. The summed E-state index contributed by atoms with van der Waals surface area (Å²) in [5, 5.41) is 3.78. The molecule has 0 radical (unpaired) electrons. The van der Waals surface area contributed by atoms with Crippen LogP contribution < -0.4 is 5.32 Å². The first kappa shape index (κ1) is 15.5. The fraction of sp³-hybridized carbons (Fsp3) is 0.722. The van der Waals surface area contributed by atoms with Gasteiger partial charge in [0.25, 0.3) is 0 Å². The molecule has 0 saturated heterocycles. The second-order valence-corrected chi connectivity index (χ2v) is 7.95. The number of pyridine rings is 1. The quantitative estimate of drug-likeness (QED) is 0.778. The number of nitrogens with zero attached hydrogens (tertiary/aromatic N) is 1. The van der Waals surface area contributed by atoms with Crippen LogP contribution in [-0.4, -0.2) is 17.6 Å². The highest BCUT2D eigenvalue weighted by Gasteiger charge is 2.39. The Labute approximate surface area is 137 Å². The van der Waals surface area contributed by atoms with Gasteiger partial charge in [-0.25, -0.2) is 0 Å². The number of aromatic nitrogens is 1. The average molecular weight is 351 g/mol. The third-order valence-electron chi connectivity index (χ3n) is 5.40. The monoisotopic (exact) mass is 350 g/mol. The van der Waals surface area contributed by atoms with E-state index in [0.29, 0.717) is 6.04 Å². The zero-order chi connectivity index (χ0) is 14.7. The highest BCUT2D eigenvalue weighted by atomic mass is 79.9. The van der Waals surface area contributed by atoms with E-state index in [-0.39, 0.29) is 0 Å². The second-order valence-electron chi connectivity index (χ2n) is 7.04. The predicted molar refractivity (Wildman–Crippen MR) is 91.3 cm³/mol. The number of hydrogen-bond donors (Lipinski definition) is 1. The molecule has 2 nitrogen and oxygen atoms in total. The third kappa shape index (κ3) is 4.07. The van der Waals surface area contributed by atoms with E-state index in [1.165, 1.54) is 44.1 Å². The lowest BCUT2D eigenvalue weighted by molar-refractivity contribution is 0.276. The minimum atomic E-state index is 0.616. The molecule has 3 rings (SSSR count). The van der Waals surface area contributed by atoms with Crippen LogP contribution in [0.2, 0.25) is 0 Å². The lowest BCUT2D eigenvalue weighted by Crippen LogP contribution is -2.34. The van der Waals surface area contributed by atoms with Gasteiger partial charge in [0, 0.05) is 22.9 Å². The molecule has 0 aromatic carbocycles. The van der Waals surface area contributed by atoms with E-state index in [1.807, 2.05) is 12.4 Å². The van der Waals surface area contributed by atoms with Crippen LogP contribution in [0, 0.1) is 17.8 Å². The Morgan fingerprint density at radius 1 is 1.33 bits per heavy atom. The number of rotatable bonds is 7. The summed E-state index contributed by atoms with van der Waals surface area (Å²) in [5.41, 5.74) is 1.35. The summed E-state index contributed by atoms with van der Waals surface area (Å²) in [5.74, 6) is 3.05. The molecular weight excluding hydrogens is 324 g/mol. The molecule has 2 aliphatic carbocycles. The van der Waals surface area contributed by atoms with Crippen LogP contribution in [0.3, 0.4) is 0 Å². The van der Waals surface area contributed by atoms with Crippen LogP contribution >= 0.6 is 15.9 Å². The van der Waals surface area contributed by atoms with Gasteiger partial charge in [-0.2, -0.15) is 0 Å². The van der Waals surface area contributed by atoms with Crippen molar-refractivity contribution in [2.45, 2.75) is 57.9 Å². The molecule has 116 valence electrons. The van der Waals surface area contributed by atoms with E-state index < -0.39 is 0 Å². The maximum atomic E-state index is 4.31. The van der Waals surface area contributed by atoms with E-state index in [0.717, 1.165) is 35.2 Å². The molecule has 21 heavy (non-hydrogen) atoms. The van der Waals surface area contributed by atoms with E-state index in [4.69, 9.17) is 0 Å². The Morgan fingerprint density at radius 3 is 2.90 bits per heavy atom. The van der Waals surface area contributed by atoms with Crippen molar-refractivity contribution in [3.05, 3.63) is 28.5 Å². The lowest BCUT2D eigenvalue weighted by atomic mass is 9.83. The molecule has 1 aromatic heterocycles. The van der Waals surface area contributed by atoms with Gasteiger partial charge in [-0.05, 0) is 90.4 Å². The fourth-order valence-electron chi connectivity index (χ4n) is 4.47. The summed E-state index contributed by atoms with van der Waals surface area (Å²) in [7, 11) is 0. The van der Waals surface area contributed by atoms with Crippen molar-refractivity contribution >= 4 is 15.9 Å². The molecule has 1 aromatic rings. The Morgan fingerprint density at radius 2 is 2.24 bits per heavy atom. The summed E-state index contributed by atoms with van der Waals surface area (Å²) in [4.78, 5) is 4.31. The normalized spacial score (nSPS) is 29.0. The zero-order valence-corrected chi connectivity index (χ0v) is 14.6. The van der Waals surface area contributed by atoms with Gasteiger partial charge in [0.2, 0.25) is 0 Å². The smallest absolute Gasteiger partial charge is 0.0410 e. The molecule has 2 aliphatic rings. The molecular formula is C18H27BrN2. The Hall–Kier alpha value is -0.410. The summed E-state index contributed by atoms with van der Waals surface area (Å²) in [6, 6.07) is 2.83. The number of hydrogen-bond acceptors (Lipinski definition) is 2. The molecule has 2 bridgehead atoms. The van der Waals surface area contributed by atoms with Crippen molar-refractivity contribution in [1.82, 2.24) is 10.3 Å². The zero-order valence-electron chi connectivity index (χ0n) is 13.0. The van der Waals surface area contributed by atoms with Crippen LogP contribution in [0.1, 0.15) is 51.0 Å². The van der Waals surface area contributed by atoms with Gasteiger partial charge in [0.15, 0.2) is 0 Å². The van der Waals surface area contributed by atoms with Crippen molar-refractivity contribution < 1.29 is 0 Å². The minimum Gasteiger partial charge on any atom is -0.314 e. The van der Waals surface area contributed by atoms with Crippen molar-refractivity contribution in [3.8, 4) is 0 Å². The van der Waals surface area contributed by atoms with E-state index >= 15 is 0 Å². The van der Waals surface area contributed by atoms with Crippen molar-refractivity contribution in [3.63, 3.8) is 0 Å². The highest BCUT2D eigenvalue weighted by molar-refractivity contribution is 9.10. The van der Waals surface area contributed by atoms with Crippen LogP contribution in [0.25, 0.3) is 0 Å². The van der Waals surface area contributed by atoms with Gasteiger partial charge >= 0.3 is 0 Å². The molecule has 4 atom stereocenters. The predicted octanol–water partition coefficient (Wildman–Crippen LogP) is 4.58. The molecule has 0 amide bonds. The van der Waals surface area contributed by atoms with Crippen molar-refractivity contribution in [1.29, 1.82) is 0 Å². The minimum absolute atomic E-state index is 0.616. The number of nitrogens with one attached hydrogen (secondary N) is 1. The second kappa shape index (κ2) is 7.23. The van der Waals surface area contributed by atoms with Gasteiger partial charge in [0.1, 0.15) is 0 Å². The van der Waals surface area contributed by atoms with E-state index in [1.54, 1.807) is 0 Å². The molecule has 0 spiro atoms. The summed E-state index contributed by atoms with van der Waals surface area (Å²) < 4.78 is 1.09. The molecule has 2 saturated carbocycles. The van der Waals surface area contributed by atoms with E-state index in [2.05, 4.69) is 39.2 Å². The summed E-state index contributed by atoms with van der Waals surface area (Å²) >= 11 is 3.54. The fourth-order valence-corrected chi connectivity index (χ4v) is 4.88. The first-order valence-electron chi connectivity index (χ1n) is 8.57. The van der Waals surface area contributed by atoms with Gasteiger partial charge in [-0.1, -0.05) is 13.3 Å². The van der Waals surface area contributed by atoms with Gasteiger partial charge in [0.05, 0.1) is 0 Å². The van der Waals surface area contributed by atoms with Gasteiger partial charge in [-0.15, -0.1) is 0 Å². The number of fused-ring (bicyclic) bond motifs is 2. The molecule has 4 unspecified atom stereocenters. The Balaban J connectivity index is 1.60. The molecule has 1 N–H and O–H groups in total. The molecule has 0 aliphatic heterocycles. The van der Waals surface area contributed by atoms with E-state index in [9.17, 15) is 0 Å². The van der Waals surface area contributed by atoms with Crippen LogP contribution in [-0.2, 0) is 6.42 Å². The maximum absolute atomic E-state index is 4.31. The van der Waals surface area contributed by atoms with Gasteiger partial charge in [-0.3, -0.25) is 4.98 Å². The third-order valence-corrected chi connectivity index (χ3v) is 5.83. The average Bonchev–Trinajstić information content (AvgIpc) is 3.07. The first-order valence-corrected chi connectivity index (χ1v) is 9.36. The molecule has 1 heterocycles. The van der Waals surface area contributed by atoms with Gasteiger partial charge < -0.3 is 5.32 Å². The standard InChI is InChI=1S/C18H27BrN2/c1-2-5-21-18(9-14-8-17(19)12-20-11-14)10-16-7-13-3-4-15(16)6-13/h8,11-13,15-16,18,21H,2-7,9-10H2,1H3. The highest BCUT2D eigenvalue weighted by Crippen LogP contribution is 2.50. The van der Waals surface area contributed by atoms with Crippen LogP contribution in [0.5, 0.6) is 0 Å². The number of halogens is 1. The topological polar surface area (TPSA) is 24.9 Å². The Kier molecular flexibility index (Phi) is 5.33.